The van der Waals surface area contributed by atoms with Gasteiger partial charge in [-0.25, -0.2) is 0 Å². The van der Waals surface area contributed by atoms with E-state index in [1.165, 1.54) is 5.56 Å². The smallest absolute Gasteiger partial charge is 0.258 e. The van der Waals surface area contributed by atoms with Crippen LogP contribution in [0.2, 0.25) is 0 Å². The predicted molar refractivity (Wildman–Crippen MR) is 121 cm³/mol. The van der Waals surface area contributed by atoms with Crippen molar-refractivity contribution in [1.82, 2.24) is 4.90 Å². The van der Waals surface area contributed by atoms with E-state index in [0.717, 1.165) is 35.4 Å². The van der Waals surface area contributed by atoms with Crippen molar-refractivity contribution in [2.45, 2.75) is 32.4 Å². The van der Waals surface area contributed by atoms with Crippen molar-refractivity contribution >= 4 is 11.6 Å². The Morgan fingerprint density at radius 2 is 1.63 bits per heavy atom. The largest absolute Gasteiger partial charge is 0.493 e. The van der Waals surface area contributed by atoms with Gasteiger partial charge in [-0.05, 0) is 48.7 Å². The number of benzene rings is 3. The topological polar surface area (TPSA) is 41.6 Å². The standard InChI is InChI=1S/C26H28N2O2/c1-3-18-28-25(29)23-11-7-8-12-24(23)27-26(28,2)21-13-15-22(16-14-21)30-19-17-20-9-5-4-6-10-20/h4-16,27H,3,17-19H2,1-2H3. The molecular weight excluding hydrogens is 372 g/mol. The van der Waals surface area contributed by atoms with Crippen LogP contribution in [-0.4, -0.2) is 24.0 Å². The molecule has 1 N–H and O–H groups in total. The van der Waals surface area contributed by atoms with Crippen LogP contribution < -0.4 is 10.1 Å². The Morgan fingerprint density at radius 3 is 2.37 bits per heavy atom. The highest BCUT2D eigenvalue weighted by molar-refractivity contribution is 6.02. The van der Waals surface area contributed by atoms with Gasteiger partial charge in [-0.2, -0.15) is 0 Å². The fourth-order valence-electron chi connectivity index (χ4n) is 4.04. The van der Waals surface area contributed by atoms with Crippen molar-refractivity contribution in [2.75, 3.05) is 18.5 Å². The molecule has 0 spiro atoms. The zero-order valence-electron chi connectivity index (χ0n) is 17.6. The summed E-state index contributed by atoms with van der Waals surface area (Å²) in [5.74, 6) is 0.903. The average molecular weight is 401 g/mol. The van der Waals surface area contributed by atoms with Crippen molar-refractivity contribution in [1.29, 1.82) is 0 Å². The summed E-state index contributed by atoms with van der Waals surface area (Å²) >= 11 is 0. The van der Waals surface area contributed by atoms with E-state index in [-0.39, 0.29) is 5.91 Å². The number of fused-ring (bicyclic) bond motifs is 1. The molecule has 0 aromatic heterocycles. The molecule has 1 amide bonds. The van der Waals surface area contributed by atoms with Gasteiger partial charge in [0.2, 0.25) is 0 Å². The monoisotopic (exact) mass is 400 g/mol. The number of para-hydroxylation sites is 1. The van der Waals surface area contributed by atoms with Crippen molar-refractivity contribution in [3.05, 3.63) is 95.6 Å². The molecule has 0 aliphatic carbocycles. The Balaban J connectivity index is 1.52. The lowest BCUT2D eigenvalue weighted by molar-refractivity contribution is 0.0535. The lowest BCUT2D eigenvalue weighted by atomic mass is 9.93. The van der Waals surface area contributed by atoms with Gasteiger partial charge in [0.05, 0.1) is 12.2 Å². The minimum absolute atomic E-state index is 0.0666. The number of amides is 1. The number of carbonyl (C=O) groups is 1. The molecule has 30 heavy (non-hydrogen) atoms. The van der Waals surface area contributed by atoms with E-state index >= 15 is 0 Å². The fourth-order valence-corrected chi connectivity index (χ4v) is 4.04. The summed E-state index contributed by atoms with van der Waals surface area (Å²) in [4.78, 5) is 15.1. The molecule has 3 aromatic carbocycles. The quantitative estimate of drug-likeness (QED) is 0.573. The van der Waals surface area contributed by atoms with E-state index in [2.05, 4.69) is 43.4 Å². The Kier molecular flexibility index (Phi) is 5.75. The second-order valence-corrected chi connectivity index (χ2v) is 7.81. The molecule has 1 unspecified atom stereocenters. The maximum atomic E-state index is 13.2. The Morgan fingerprint density at radius 1 is 0.933 bits per heavy atom. The number of rotatable bonds is 7. The van der Waals surface area contributed by atoms with Crippen molar-refractivity contribution in [3.63, 3.8) is 0 Å². The van der Waals surface area contributed by atoms with Crippen molar-refractivity contribution < 1.29 is 9.53 Å². The number of hydrogen-bond acceptors (Lipinski definition) is 3. The first kappa shape index (κ1) is 20.0. The van der Waals surface area contributed by atoms with Crippen LogP contribution >= 0.6 is 0 Å². The Labute approximate surface area is 178 Å². The molecule has 4 heteroatoms. The van der Waals surface area contributed by atoms with Crippen LogP contribution in [0.5, 0.6) is 5.75 Å². The van der Waals surface area contributed by atoms with Gasteiger partial charge in [-0.1, -0.05) is 61.5 Å². The molecule has 0 saturated carbocycles. The molecule has 1 atom stereocenters. The first-order valence-corrected chi connectivity index (χ1v) is 10.6. The Bertz CT molecular complexity index is 1000. The number of ether oxygens (including phenoxy) is 1. The van der Waals surface area contributed by atoms with Gasteiger partial charge < -0.3 is 15.0 Å². The molecule has 0 radical (unpaired) electrons. The van der Waals surface area contributed by atoms with Crippen LogP contribution in [0.25, 0.3) is 0 Å². The van der Waals surface area contributed by atoms with Gasteiger partial charge in [0, 0.05) is 18.7 Å². The minimum Gasteiger partial charge on any atom is -0.493 e. The van der Waals surface area contributed by atoms with Crippen molar-refractivity contribution in [3.8, 4) is 5.75 Å². The van der Waals surface area contributed by atoms with Gasteiger partial charge >= 0.3 is 0 Å². The molecule has 4 nitrogen and oxygen atoms in total. The number of hydrogen-bond donors (Lipinski definition) is 1. The van der Waals surface area contributed by atoms with E-state index in [1.54, 1.807) is 0 Å². The molecule has 0 saturated heterocycles. The molecule has 1 aliphatic heterocycles. The van der Waals surface area contributed by atoms with Gasteiger partial charge in [0.25, 0.3) is 5.91 Å². The summed E-state index contributed by atoms with van der Waals surface area (Å²) in [6.07, 6.45) is 1.77. The molecule has 0 bridgehead atoms. The van der Waals surface area contributed by atoms with Crippen LogP contribution in [0, 0.1) is 0 Å². The number of carbonyl (C=O) groups excluding carboxylic acids is 1. The minimum atomic E-state index is -0.607. The van der Waals surface area contributed by atoms with E-state index < -0.39 is 5.66 Å². The second-order valence-electron chi connectivity index (χ2n) is 7.81. The number of anilines is 1. The molecule has 154 valence electrons. The average Bonchev–Trinajstić information content (AvgIpc) is 2.78. The van der Waals surface area contributed by atoms with Gasteiger partial charge in [0.1, 0.15) is 11.4 Å². The summed E-state index contributed by atoms with van der Waals surface area (Å²) < 4.78 is 5.94. The summed E-state index contributed by atoms with van der Waals surface area (Å²) in [6.45, 7) is 5.48. The zero-order valence-corrected chi connectivity index (χ0v) is 17.6. The van der Waals surface area contributed by atoms with E-state index in [4.69, 9.17) is 4.74 Å². The van der Waals surface area contributed by atoms with E-state index in [1.807, 2.05) is 59.5 Å². The number of nitrogens with one attached hydrogen (secondary N) is 1. The predicted octanol–water partition coefficient (Wildman–Crippen LogP) is 5.46. The maximum absolute atomic E-state index is 13.2. The normalized spacial score (nSPS) is 17.9. The lowest BCUT2D eigenvalue weighted by Gasteiger charge is -2.46. The van der Waals surface area contributed by atoms with Gasteiger partial charge in [-0.3, -0.25) is 4.79 Å². The summed E-state index contributed by atoms with van der Waals surface area (Å²) in [5, 5.41) is 3.60. The SMILES string of the molecule is CCCN1C(=O)c2ccccc2NC1(C)c1ccc(OCCc2ccccc2)cc1. The highest BCUT2D eigenvalue weighted by Crippen LogP contribution is 2.38. The van der Waals surface area contributed by atoms with E-state index in [0.29, 0.717) is 13.2 Å². The summed E-state index contributed by atoms with van der Waals surface area (Å²) in [7, 11) is 0. The van der Waals surface area contributed by atoms with Gasteiger partial charge in [0.15, 0.2) is 0 Å². The van der Waals surface area contributed by atoms with Crippen LogP contribution in [0.15, 0.2) is 78.9 Å². The second kappa shape index (κ2) is 8.62. The third-order valence-electron chi connectivity index (χ3n) is 5.69. The Hall–Kier alpha value is -3.27. The molecule has 4 rings (SSSR count). The maximum Gasteiger partial charge on any atom is 0.258 e. The molecule has 1 heterocycles. The molecular formula is C26H28N2O2. The van der Waals surface area contributed by atoms with Crippen molar-refractivity contribution in [2.24, 2.45) is 0 Å². The fraction of sp³-hybridized carbons (Fsp3) is 0.269. The number of nitrogens with zero attached hydrogens (tertiary/aromatic N) is 1. The first-order valence-electron chi connectivity index (χ1n) is 10.6. The third kappa shape index (κ3) is 3.90. The summed E-state index contributed by atoms with van der Waals surface area (Å²) in [6, 6.07) is 26.1. The highest BCUT2D eigenvalue weighted by Gasteiger charge is 2.41. The molecule has 1 aliphatic rings. The zero-order chi connectivity index (χ0) is 21.0. The van der Waals surface area contributed by atoms with Crippen LogP contribution in [-0.2, 0) is 12.1 Å². The third-order valence-corrected chi connectivity index (χ3v) is 5.69. The van der Waals surface area contributed by atoms with Gasteiger partial charge in [-0.15, -0.1) is 0 Å². The molecule has 3 aromatic rings. The lowest BCUT2D eigenvalue weighted by Crippen LogP contribution is -2.56. The van der Waals surface area contributed by atoms with Crippen LogP contribution in [0.1, 0.15) is 41.8 Å². The van der Waals surface area contributed by atoms with E-state index in [9.17, 15) is 4.79 Å². The van der Waals surface area contributed by atoms with Crippen LogP contribution in [0.3, 0.4) is 0 Å². The van der Waals surface area contributed by atoms with Crippen LogP contribution in [0.4, 0.5) is 5.69 Å². The first-order chi connectivity index (χ1) is 14.6. The summed E-state index contributed by atoms with van der Waals surface area (Å²) in [5.41, 5.74) is 3.30. The molecule has 0 fully saturated rings. The highest BCUT2D eigenvalue weighted by atomic mass is 16.5.